The molecule has 0 aliphatic carbocycles. The Morgan fingerprint density at radius 2 is 1.88 bits per heavy atom. The molecule has 4 heteroatoms. The largest absolute Gasteiger partial charge is 0.159 e. The van der Waals surface area contributed by atoms with E-state index >= 15 is 0 Å². The van der Waals surface area contributed by atoms with Gasteiger partial charge < -0.3 is 0 Å². The van der Waals surface area contributed by atoms with Crippen molar-refractivity contribution in [2.24, 2.45) is 0 Å². The van der Waals surface area contributed by atoms with Gasteiger partial charge in [0.05, 0.1) is 11.2 Å². The van der Waals surface area contributed by atoms with Crippen LogP contribution in [0.1, 0.15) is 0 Å². The van der Waals surface area contributed by atoms with E-state index in [2.05, 4.69) is 26.6 Å². The van der Waals surface area contributed by atoms with Gasteiger partial charge in [-0.1, -0.05) is 18.2 Å². The first-order valence-electron chi connectivity index (χ1n) is 4.86. The Balaban J connectivity index is 2.32. The van der Waals surface area contributed by atoms with Crippen LogP contribution in [-0.4, -0.2) is 20.4 Å². The first kappa shape index (κ1) is 8.91. The van der Waals surface area contributed by atoms with Crippen LogP contribution in [0.5, 0.6) is 0 Å². The van der Waals surface area contributed by atoms with Crippen LogP contribution in [0.25, 0.3) is 22.2 Å². The van der Waals surface area contributed by atoms with Crippen LogP contribution in [0.2, 0.25) is 0 Å². The summed E-state index contributed by atoms with van der Waals surface area (Å²) in [7, 11) is 0. The van der Waals surface area contributed by atoms with Gasteiger partial charge in [-0.05, 0) is 18.2 Å². The Morgan fingerprint density at radius 3 is 2.75 bits per heavy atom. The molecule has 0 unspecified atom stereocenters. The monoisotopic (exact) mass is 207 g/mol. The Morgan fingerprint density at radius 1 is 0.938 bits per heavy atom. The zero-order valence-electron chi connectivity index (χ0n) is 8.33. The maximum absolute atomic E-state index is 4.05. The van der Waals surface area contributed by atoms with Gasteiger partial charge in [0.25, 0.3) is 0 Å². The fraction of sp³-hybridized carbons (Fsp3) is 0. The van der Waals surface area contributed by atoms with Gasteiger partial charge >= 0.3 is 0 Å². The summed E-state index contributed by atoms with van der Waals surface area (Å²) in [5, 5.41) is 16.7. The number of nitrogens with zero attached hydrogens (tertiary/aromatic N) is 4. The summed E-state index contributed by atoms with van der Waals surface area (Å²) in [5.41, 5.74) is 2.43. The van der Waals surface area contributed by atoms with Gasteiger partial charge in [0.15, 0.2) is 0 Å². The molecule has 0 spiro atoms. The number of benzene rings is 1. The molecule has 2 aromatic heterocycles. The Kier molecular flexibility index (Phi) is 2.04. The number of fused-ring (bicyclic) bond motifs is 1. The standard InChI is InChI=1S/C12H7N4/c1-2-5-11-9(4-1)10(8-14-16-11)12-6-3-7-13-15-12/h1-7H. The molecule has 0 saturated carbocycles. The van der Waals surface area contributed by atoms with E-state index in [4.69, 9.17) is 0 Å². The molecule has 0 N–H and O–H groups in total. The smallest absolute Gasteiger partial charge is 0.124 e. The quantitative estimate of drug-likeness (QED) is 0.611. The fourth-order valence-electron chi connectivity index (χ4n) is 1.59. The lowest BCUT2D eigenvalue weighted by Crippen LogP contribution is -1.91. The van der Waals surface area contributed by atoms with Crippen molar-refractivity contribution in [1.82, 2.24) is 20.4 Å². The molecule has 3 aromatic rings. The molecule has 1 aromatic carbocycles. The van der Waals surface area contributed by atoms with Crippen molar-refractivity contribution in [3.63, 3.8) is 0 Å². The lowest BCUT2D eigenvalue weighted by molar-refractivity contribution is 1.02. The SMILES string of the molecule is [c]1nnc2ccccc2c1-c1cccnn1. The second-order valence-electron chi connectivity index (χ2n) is 3.31. The molecule has 0 amide bonds. The molecule has 3 rings (SSSR count). The zero-order chi connectivity index (χ0) is 10.8. The number of hydrogen-bond acceptors (Lipinski definition) is 4. The van der Waals surface area contributed by atoms with Crippen molar-refractivity contribution in [3.8, 4) is 11.3 Å². The van der Waals surface area contributed by atoms with Gasteiger partial charge in [-0.3, -0.25) is 0 Å². The molecule has 0 fully saturated rings. The van der Waals surface area contributed by atoms with Crippen molar-refractivity contribution in [3.05, 3.63) is 48.8 Å². The first-order valence-corrected chi connectivity index (χ1v) is 4.86. The molecule has 0 aliphatic heterocycles. The van der Waals surface area contributed by atoms with Gasteiger partial charge in [-0.2, -0.15) is 10.2 Å². The minimum absolute atomic E-state index is 0.758. The third-order valence-electron chi connectivity index (χ3n) is 2.32. The summed E-state index contributed by atoms with van der Waals surface area (Å²) in [4.78, 5) is 0. The first-order chi connectivity index (χ1) is 7.95. The fourth-order valence-corrected chi connectivity index (χ4v) is 1.59. The molecule has 0 saturated heterocycles. The van der Waals surface area contributed by atoms with E-state index in [9.17, 15) is 0 Å². The average Bonchev–Trinajstić information content (AvgIpc) is 2.39. The highest BCUT2D eigenvalue weighted by Crippen LogP contribution is 2.23. The Bertz CT molecular complexity index is 617. The van der Waals surface area contributed by atoms with Crippen molar-refractivity contribution >= 4 is 10.9 Å². The highest BCUT2D eigenvalue weighted by molar-refractivity contribution is 5.92. The summed E-state index contributed by atoms with van der Waals surface area (Å²) >= 11 is 0. The van der Waals surface area contributed by atoms with E-state index < -0.39 is 0 Å². The summed E-state index contributed by atoms with van der Waals surface area (Å²) in [6, 6.07) is 11.5. The summed E-state index contributed by atoms with van der Waals surface area (Å²) < 4.78 is 0. The average molecular weight is 207 g/mol. The summed E-state index contributed by atoms with van der Waals surface area (Å²) in [6.45, 7) is 0. The normalized spacial score (nSPS) is 10.5. The Hall–Kier alpha value is -2.36. The molecule has 0 aliphatic rings. The van der Waals surface area contributed by atoms with E-state index in [1.54, 1.807) is 6.20 Å². The molecule has 75 valence electrons. The molecule has 0 atom stereocenters. The van der Waals surface area contributed by atoms with E-state index in [-0.39, 0.29) is 0 Å². The Labute approximate surface area is 92.0 Å². The molecule has 16 heavy (non-hydrogen) atoms. The molecule has 4 nitrogen and oxygen atoms in total. The van der Waals surface area contributed by atoms with Crippen LogP contribution in [0.3, 0.4) is 0 Å². The van der Waals surface area contributed by atoms with Crippen LogP contribution in [-0.2, 0) is 0 Å². The maximum atomic E-state index is 4.05. The highest BCUT2D eigenvalue weighted by atomic mass is 15.1. The minimum atomic E-state index is 0.758. The second kappa shape index (κ2) is 3.66. The van der Waals surface area contributed by atoms with Crippen molar-refractivity contribution in [2.45, 2.75) is 0 Å². The topological polar surface area (TPSA) is 51.6 Å². The third-order valence-corrected chi connectivity index (χ3v) is 2.32. The molecule has 1 radical (unpaired) electrons. The number of aromatic nitrogens is 4. The van der Waals surface area contributed by atoms with Crippen molar-refractivity contribution in [1.29, 1.82) is 0 Å². The van der Waals surface area contributed by atoms with Gasteiger partial charge in [0.2, 0.25) is 0 Å². The van der Waals surface area contributed by atoms with Crippen LogP contribution in [0.15, 0.2) is 42.6 Å². The predicted octanol–water partition coefficient (Wildman–Crippen LogP) is 1.89. The summed E-state index contributed by atoms with van der Waals surface area (Å²) in [5.74, 6) is 0. The van der Waals surface area contributed by atoms with E-state index in [1.807, 2.05) is 36.4 Å². The van der Waals surface area contributed by atoms with Gasteiger partial charge in [-0.25, -0.2) is 0 Å². The maximum Gasteiger partial charge on any atom is 0.124 e. The highest BCUT2D eigenvalue weighted by Gasteiger charge is 2.06. The van der Waals surface area contributed by atoms with Crippen LogP contribution in [0.4, 0.5) is 0 Å². The van der Waals surface area contributed by atoms with E-state index in [0.29, 0.717) is 0 Å². The molecular formula is C12H7N4. The van der Waals surface area contributed by atoms with E-state index in [1.165, 1.54) is 0 Å². The van der Waals surface area contributed by atoms with Gasteiger partial charge in [-0.15, -0.1) is 10.2 Å². The summed E-state index contributed by atoms with van der Waals surface area (Å²) in [6.07, 6.45) is 4.50. The van der Waals surface area contributed by atoms with Gasteiger partial charge in [0, 0.05) is 17.1 Å². The van der Waals surface area contributed by atoms with E-state index in [0.717, 1.165) is 22.2 Å². The second-order valence-corrected chi connectivity index (χ2v) is 3.31. The van der Waals surface area contributed by atoms with Crippen LogP contribution in [0, 0.1) is 6.20 Å². The van der Waals surface area contributed by atoms with Crippen molar-refractivity contribution in [2.75, 3.05) is 0 Å². The lowest BCUT2D eigenvalue weighted by Gasteiger charge is -2.01. The molecular weight excluding hydrogens is 200 g/mol. The molecule has 2 heterocycles. The van der Waals surface area contributed by atoms with Gasteiger partial charge in [0.1, 0.15) is 6.20 Å². The molecule has 0 bridgehead atoms. The minimum Gasteiger partial charge on any atom is -0.159 e. The van der Waals surface area contributed by atoms with Crippen LogP contribution < -0.4 is 0 Å². The zero-order valence-corrected chi connectivity index (χ0v) is 8.33. The lowest BCUT2D eigenvalue weighted by atomic mass is 10.1. The number of rotatable bonds is 1. The van der Waals surface area contributed by atoms with Crippen molar-refractivity contribution < 1.29 is 0 Å². The third kappa shape index (κ3) is 1.40. The number of hydrogen-bond donors (Lipinski definition) is 0. The predicted molar refractivity (Wildman–Crippen MR) is 59.4 cm³/mol. The van der Waals surface area contributed by atoms with Crippen LogP contribution >= 0.6 is 0 Å².